The van der Waals surface area contributed by atoms with Crippen molar-refractivity contribution in [3.05, 3.63) is 12.4 Å². The van der Waals surface area contributed by atoms with E-state index in [9.17, 15) is 0 Å². The maximum Gasteiger partial charge on any atom is 0.0692 e. The van der Waals surface area contributed by atoms with Gasteiger partial charge in [0.25, 0.3) is 0 Å². The summed E-state index contributed by atoms with van der Waals surface area (Å²) in [4.78, 5) is 2.52. The SMILES string of the molecule is c1cn(CCN2CCC(NC3CC3)C2)nn1. The fourth-order valence-corrected chi connectivity index (χ4v) is 2.35. The molecule has 2 heterocycles. The largest absolute Gasteiger partial charge is 0.310 e. The van der Waals surface area contributed by atoms with Crippen LogP contribution in [0.2, 0.25) is 0 Å². The lowest BCUT2D eigenvalue weighted by molar-refractivity contribution is 0.305. The van der Waals surface area contributed by atoms with Crippen molar-refractivity contribution in [1.82, 2.24) is 25.2 Å². The number of nitrogens with one attached hydrogen (secondary N) is 1. The average molecular weight is 221 g/mol. The van der Waals surface area contributed by atoms with E-state index < -0.39 is 0 Å². The van der Waals surface area contributed by atoms with Crippen LogP contribution >= 0.6 is 0 Å². The molecule has 5 nitrogen and oxygen atoms in total. The zero-order valence-electron chi connectivity index (χ0n) is 9.55. The first-order chi connectivity index (χ1) is 7.90. The van der Waals surface area contributed by atoms with Crippen LogP contribution in [-0.2, 0) is 6.54 Å². The lowest BCUT2D eigenvalue weighted by Crippen LogP contribution is -2.34. The lowest BCUT2D eigenvalue weighted by Gasteiger charge is -2.16. The van der Waals surface area contributed by atoms with Crippen molar-refractivity contribution in [2.75, 3.05) is 19.6 Å². The van der Waals surface area contributed by atoms with Gasteiger partial charge in [-0.05, 0) is 25.8 Å². The van der Waals surface area contributed by atoms with E-state index in [0.29, 0.717) is 0 Å². The number of hydrogen-bond donors (Lipinski definition) is 1. The third kappa shape index (κ3) is 2.59. The molecule has 1 aromatic rings. The van der Waals surface area contributed by atoms with Crippen molar-refractivity contribution in [3.8, 4) is 0 Å². The predicted molar refractivity (Wildman–Crippen MR) is 61.0 cm³/mol. The van der Waals surface area contributed by atoms with E-state index in [4.69, 9.17) is 0 Å². The standard InChI is InChI=1S/C11H19N5/c1-2-10(1)13-11-3-5-15(9-11)7-8-16-6-4-12-14-16/h4,6,10-11,13H,1-3,5,7-9H2. The minimum absolute atomic E-state index is 0.725. The quantitative estimate of drug-likeness (QED) is 0.766. The summed E-state index contributed by atoms with van der Waals surface area (Å²) in [7, 11) is 0. The van der Waals surface area contributed by atoms with Gasteiger partial charge in [0.2, 0.25) is 0 Å². The molecule has 5 heteroatoms. The Morgan fingerprint density at radius 2 is 2.12 bits per heavy atom. The second-order valence-electron chi connectivity index (χ2n) is 4.89. The number of aromatic nitrogens is 3. The summed E-state index contributed by atoms with van der Waals surface area (Å²) in [5.74, 6) is 0. The summed E-state index contributed by atoms with van der Waals surface area (Å²) in [6.07, 6.45) is 7.73. The minimum Gasteiger partial charge on any atom is -0.310 e. The van der Waals surface area contributed by atoms with Crippen molar-refractivity contribution < 1.29 is 0 Å². The normalized spacial score (nSPS) is 26.4. The summed E-state index contributed by atoms with van der Waals surface area (Å²) in [6, 6.07) is 1.56. The molecule has 0 spiro atoms. The summed E-state index contributed by atoms with van der Waals surface area (Å²) < 4.78 is 1.90. The van der Waals surface area contributed by atoms with Crippen molar-refractivity contribution in [2.45, 2.75) is 37.9 Å². The minimum atomic E-state index is 0.725. The first-order valence-corrected chi connectivity index (χ1v) is 6.22. The van der Waals surface area contributed by atoms with Gasteiger partial charge in [0.05, 0.1) is 12.7 Å². The number of nitrogens with zero attached hydrogens (tertiary/aromatic N) is 4. The highest BCUT2D eigenvalue weighted by molar-refractivity contribution is 4.89. The molecule has 1 saturated heterocycles. The molecule has 2 fully saturated rings. The van der Waals surface area contributed by atoms with Gasteiger partial charge in [0.1, 0.15) is 0 Å². The van der Waals surface area contributed by atoms with E-state index in [2.05, 4.69) is 20.5 Å². The van der Waals surface area contributed by atoms with E-state index in [1.54, 1.807) is 6.20 Å². The molecule has 1 unspecified atom stereocenters. The fraction of sp³-hybridized carbons (Fsp3) is 0.818. The molecule has 2 aliphatic rings. The molecule has 1 aromatic heterocycles. The van der Waals surface area contributed by atoms with E-state index in [1.165, 1.54) is 32.4 Å². The Labute approximate surface area is 95.8 Å². The summed E-state index contributed by atoms with van der Waals surface area (Å²) in [5, 5.41) is 11.5. The zero-order chi connectivity index (χ0) is 10.8. The van der Waals surface area contributed by atoms with Crippen LogP contribution in [0.4, 0.5) is 0 Å². The molecule has 0 bridgehead atoms. The molecule has 1 aliphatic heterocycles. The molecule has 1 N–H and O–H groups in total. The van der Waals surface area contributed by atoms with Gasteiger partial charge in [-0.1, -0.05) is 5.21 Å². The van der Waals surface area contributed by atoms with Crippen molar-refractivity contribution in [1.29, 1.82) is 0 Å². The van der Waals surface area contributed by atoms with Gasteiger partial charge in [0.15, 0.2) is 0 Å². The second-order valence-corrected chi connectivity index (χ2v) is 4.89. The topological polar surface area (TPSA) is 46.0 Å². The van der Waals surface area contributed by atoms with Crippen molar-refractivity contribution >= 4 is 0 Å². The van der Waals surface area contributed by atoms with Gasteiger partial charge in [-0.25, -0.2) is 0 Å². The smallest absolute Gasteiger partial charge is 0.0692 e. The Morgan fingerprint density at radius 1 is 1.19 bits per heavy atom. The van der Waals surface area contributed by atoms with Crippen LogP contribution < -0.4 is 5.32 Å². The van der Waals surface area contributed by atoms with Gasteiger partial charge in [-0.15, -0.1) is 5.10 Å². The van der Waals surface area contributed by atoms with Crippen molar-refractivity contribution in [3.63, 3.8) is 0 Å². The maximum atomic E-state index is 3.98. The molecule has 16 heavy (non-hydrogen) atoms. The molecular formula is C11H19N5. The average Bonchev–Trinajstić information content (AvgIpc) is 2.81. The molecule has 0 radical (unpaired) electrons. The highest BCUT2D eigenvalue weighted by Gasteiger charge is 2.28. The first kappa shape index (κ1) is 10.2. The monoisotopic (exact) mass is 221 g/mol. The Morgan fingerprint density at radius 3 is 2.88 bits per heavy atom. The van der Waals surface area contributed by atoms with E-state index >= 15 is 0 Å². The van der Waals surface area contributed by atoms with Crippen LogP contribution in [-0.4, -0.2) is 51.6 Å². The molecule has 1 aliphatic carbocycles. The Balaban J connectivity index is 1.39. The summed E-state index contributed by atoms with van der Waals surface area (Å²) in [5.41, 5.74) is 0. The van der Waals surface area contributed by atoms with Gasteiger partial charge in [0, 0.05) is 31.4 Å². The Bertz CT molecular complexity index is 319. The van der Waals surface area contributed by atoms with Gasteiger partial charge < -0.3 is 5.32 Å². The Kier molecular flexibility index (Phi) is 2.88. The van der Waals surface area contributed by atoms with E-state index in [-0.39, 0.29) is 0 Å². The predicted octanol–water partition coefficient (Wildman–Crippen LogP) is 0.104. The zero-order valence-corrected chi connectivity index (χ0v) is 9.55. The first-order valence-electron chi connectivity index (χ1n) is 6.22. The molecule has 3 rings (SSSR count). The number of likely N-dealkylation sites (tertiary alicyclic amines) is 1. The lowest BCUT2D eigenvalue weighted by atomic mass is 10.2. The Hall–Kier alpha value is -0.940. The van der Waals surface area contributed by atoms with E-state index in [0.717, 1.165) is 25.2 Å². The van der Waals surface area contributed by atoms with Crippen molar-refractivity contribution in [2.24, 2.45) is 0 Å². The highest BCUT2D eigenvalue weighted by Crippen LogP contribution is 2.21. The van der Waals surface area contributed by atoms with Gasteiger partial charge in [-0.2, -0.15) is 0 Å². The molecule has 88 valence electrons. The van der Waals surface area contributed by atoms with Crippen LogP contribution in [0.3, 0.4) is 0 Å². The number of rotatable bonds is 5. The molecule has 0 amide bonds. The molecular weight excluding hydrogens is 202 g/mol. The van der Waals surface area contributed by atoms with Crippen LogP contribution in [0.15, 0.2) is 12.4 Å². The highest BCUT2D eigenvalue weighted by atomic mass is 15.4. The van der Waals surface area contributed by atoms with Gasteiger partial charge in [-0.3, -0.25) is 9.58 Å². The third-order valence-corrected chi connectivity index (χ3v) is 3.44. The second kappa shape index (κ2) is 4.51. The molecule has 1 atom stereocenters. The summed E-state index contributed by atoms with van der Waals surface area (Å²) in [6.45, 7) is 4.46. The van der Waals surface area contributed by atoms with Crippen LogP contribution in [0.5, 0.6) is 0 Å². The van der Waals surface area contributed by atoms with E-state index in [1.807, 2.05) is 10.9 Å². The fourth-order valence-electron chi connectivity index (χ4n) is 2.35. The molecule has 0 aromatic carbocycles. The summed E-state index contributed by atoms with van der Waals surface area (Å²) >= 11 is 0. The number of hydrogen-bond acceptors (Lipinski definition) is 4. The van der Waals surface area contributed by atoms with Crippen LogP contribution in [0.1, 0.15) is 19.3 Å². The van der Waals surface area contributed by atoms with Gasteiger partial charge >= 0.3 is 0 Å². The maximum absolute atomic E-state index is 3.98. The van der Waals surface area contributed by atoms with Crippen LogP contribution in [0.25, 0.3) is 0 Å². The third-order valence-electron chi connectivity index (χ3n) is 3.44. The molecule has 1 saturated carbocycles. The van der Waals surface area contributed by atoms with Crippen LogP contribution in [0, 0.1) is 0 Å².